The molecule has 3 N–H and O–H groups in total. The van der Waals surface area contributed by atoms with Gasteiger partial charge in [-0.3, -0.25) is 0 Å². The van der Waals surface area contributed by atoms with Crippen molar-refractivity contribution < 1.29 is 4.52 Å². The van der Waals surface area contributed by atoms with Crippen LogP contribution in [0.2, 0.25) is 0 Å². The van der Waals surface area contributed by atoms with Gasteiger partial charge >= 0.3 is 0 Å². The summed E-state index contributed by atoms with van der Waals surface area (Å²) in [6, 6.07) is 1.79. The molecule has 0 spiro atoms. The topological polar surface area (TPSA) is 64.1 Å². The largest absolute Gasteiger partial charge is 0.368 e. The quantitative estimate of drug-likeness (QED) is 0.651. The van der Waals surface area contributed by atoms with Crippen molar-refractivity contribution in [1.29, 1.82) is 0 Å². The second-order valence-electron chi connectivity index (χ2n) is 3.48. The normalized spacial score (nSPS) is 29.4. The van der Waals surface area contributed by atoms with E-state index in [9.17, 15) is 0 Å². The SMILES string of the molecule is CC1(c2cc(N)on2)CCCN1. The van der Waals surface area contributed by atoms with Crippen LogP contribution in [0.3, 0.4) is 0 Å². The standard InChI is InChI=1S/C8H13N3O/c1-8(3-2-4-10-8)6-5-7(9)12-11-6/h5,10H,2-4,9H2,1H3. The van der Waals surface area contributed by atoms with Crippen LogP contribution >= 0.6 is 0 Å². The zero-order valence-corrected chi connectivity index (χ0v) is 7.13. The lowest BCUT2D eigenvalue weighted by atomic mass is 9.96. The van der Waals surface area contributed by atoms with Crippen molar-refractivity contribution >= 4 is 5.88 Å². The molecule has 0 saturated carbocycles. The van der Waals surface area contributed by atoms with Crippen molar-refractivity contribution in [1.82, 2.24) is 10.5 Å². The van der Waals surface area contributed by atoms with Crippen molar-refractivity contribution in [2.45, 2.75) is 25.3 Å². The molecule has 1 atom stereocenters. The number of rotatable bonds is 1. The summed E-state index contributed by atoms with van der Waals surface area (Å²) in [7, 11) is 0. The highest BCUT2D eigenvalue weighted by Crippen LogP contribution is 2.29. The fraction of sp³-hybridized carbons (Fsp3) is 0.625. The minimum atomic E-state index is -0.0267. The first-order valence-electron chi connectivity index (χ1n) is 4.18. The van der Waals surface area contributed by atoms with Crippen molar-refractivity contribution in [3.63, 3.8) is 0 Å². The summed E-state index contributed by atoms with van der Waals surface area (Å²) in [4.78, 5) is 0. The van der Waals surface area contributed by atoms with Gasteiger partial charge in [0.25, 0.3) is 0 Å². The third-order valence-electron chi connectivity index (χ3n) is 2.46. The highest BCUT2D eigenvalue weighted by atomic mass is 16.5. The number of nitrogen functional groups attached to an aromatic ring is 1. The molecule has 1 aliphatic rings. The van der Waals surface area contributed by atoms with Gasteiger partial charge in [0.05, 0.1) is 5.54 Å². The third kappa shape index (κ3) is 1.08. The number of nitrogens with zero attached hydrogens (tertiary/aromatic N) is 1. The molecule has 66 valence electrons. The molecule has 2 rings (SSSR count). The fourth-order valence-electron chi connectivity index (χ4n) is 1.66. The highest BCUT2D eigenvalue weighted by molar-refractivity contribution is 5.28. The summed E-state index contributed by atoms with van der Waals surface area (Å²) >= 11 is 0. The van der Waals surface area contributed by atoms with Gasteiger partial charge in [-0.2, -0.15) is 0 Å². The van der Waals surface area contributed by atoms with E-state index in [1.54, 1.807) is 6.07 Å². The highest BCUT2D eigenvalue weighted by Gasteiger charge is 2.32. The summed E-state index contributed by atoms with van der Waals surface area (Å²) < 4.78 is 4.83. The minimum Gasteiger partial charge on any atom is -0.368 e. The van der Waals surface area contributed by atoms with E-state index in [1.807, 2.05) is 0 Å². The van der Waals surface area contributed by atoms with Gasteiger partial charge in [0, 0.05) is 6.07 Å². The number of anilines is 1. The van der Waals surface area contributed by atoms with E-state index in [2.05, 4.69) is 17.4 Å². The molecule has 4 heteroatoms. The molecule has 1 unspecified atom stereocenters. The van der Waals surface area contributed by atoms with Crippen molar-refractivity contribution in [3.05, 3.63) is 11.8 Å². The average Bonchev–Trinajstić information content (AvgIpc) is 2.59. The average molecular weight is 167 g/mol. The molecule has 4 nitrogen and oxygen atoms in total. The first kappa shape index (κ1) is 7.61. The summed E-state index contributed by atoms with van der Waals surface area (Å²) in [6.45, 7) is 3.17. The molecular formula is C8H13N3O. The number of aromatic nitrogens is 1. The van der Waals surface area contributed by atoms with Gasteiger partial charge in [-0.15, -0.1) is 0 Å². The van der Waals surface area contributed by atoms with Gasteiger partial charge < -0.3 is 15.6 Å². The van der Waals surface area contributed by atoms with E-state index in [0.717, 1.165) is 18.7 Å². The van der Waals surface area contributed by atoms with E-state index in [1.165, 1.54) is 6.42 Å². The predicted molar refractivity (Wildman–Crippen MR) is 45.5 cm³/mol. The Bertz CT molecular complexity index is 276. The summed E-state index contributed by atoms with van der Waals surface area (Å²) in [5.41, 5.74) is 6.34. The third-order valence-corrected chi connectivity index (χ3v) is 2.46. The van der Waals surface area contributed by atoms with E-state index < -0.39 is 0 Å². The zero-order chi connectivity index (χ0) is 8.60. The van der Waals surface area contributed by atoms with Crippen LogP contribution in [0, 0.1) is 0 Å². The van der Waals surface area contributed by atoms with Gasteiger partial charge in [-0.1, -0.05) is 5.16 Å². The lowest BCUT2D eigenvalue weighted by Gasteiger charge is -2.20. The molecule has 1 aromatic heterocycles. The van der Waals surface area contributed by atoms with Crippen LogP contribution in [0.15, 0.2) is 10.6 Å². The Morgan fingerprint density at radius 2 is 2.58 bits per heavy atom. The molecular weight excluding hydrogens is 154 g/mol. The molecule has 12 heavy (non-hydrogen) atoms. The Kier molecular flexibility index (Phi) is 1.58. The smallest absolute Gasteiger partial charge is 0.222 e. The lowest BCUT2D eigenvalue weighted by Crippen LogP contribution is -2.33. The van der Waals surface area contributed by atoms with Gasteiger partial charge in [-0.05, 0) is 26.3 Å². The Labute approximate surface area is 71.1 Å². The first-order valence-corrected chi connectivity index (χ1v) is 4.18. The lowest BCUT2D eigenvalue weighted by molar-refractivity contribution is 0.365. The van der Waals surface area contributed by atoms with Crippen molar-refractivity contribution in [2.75, 3.05) is 12.3 Å². The molecule has 0 bridgehead atoms. The first-order chi connectivity index (χ1) is 5.71. The molecule has 2 heterocycles. The van der Waals surface area contributed by atoms with Gasteiger partial charge in [-0.25, -0.2) is 0 Å². The van der Waals surface area contributed by atoms with Crippen LogP contribution in [-0.4, -0.2) is 11.7 Å². The molecule has 0 amide bonds. The van der Waals surface area contributed by atoms with Crippen molar-refractivity contribution in [2.24, 2.45) is 0 Å². The molecule has 0 aliphatic carbocycles. The van der Waals surface area contributed by atoms with E-state index >= 15 is 0 Å². The summed E-state index contributed by atoms with van der Waals surface area (Å²) in [5, 5.41) is 7.29. The van der Waals surface area contributed by atoms with Crippen LogP contribution in [-0.2, 0) is 5.54 Å². The number of nitrogens with two attached hydrogens (primary N) is 1. The molecule has 1 saturated heterocycles. The fourth-order valence-corrected chi connectivity index (χ4v) is 1.66. The maximum Gasteiger partial charge on any atom is 0.222 e. The van der Waals surface area contributed by atoms with Crippen LogP contribution in [0.1, 0.15) is 25.5 Å². The minimum absolute atomic E-state index is 0.0267. The van der Waals surface area contributed by atoms with Crippen molar-refractivity contribution in [3.8, 4) is 0 Å². The van der Waals surface area contributed by atoms with E-state index in [-0.39, 0.29) is 5.54 Å². The molecule has 1 fully saturated rings. The van der Waals surface area contributed by atoms with E-state index in [4.69, 9.17) is 10.3 Å². The summed E-state index contributed by atoms with van der Waals surface area (Å²) in [5.74, 6) is 0.389. The Morgan fingerprint density at radius 3 is 3.08 bits per heavy atom. The Hall–Kier alpha value is -1.03. The van der Waals surface area contributed by atoms with Crippen LogP contribution < -0.4 is 11.1 Å². The zero-order valence-electron chi connectivity index (χ0n) is 7.13. The number of hydrogen-bond acceptors (Lipinski definition) is 4. The van der Waals surface area contributed by atoms with Crippen LogP contribution in [0.4, 0.5) is 5.88 Å². The maximum atomic E-state index is 5.45. The van der Waals surface area contributed by atoms with Crippen LogP contribution in [0.25, 0.3) is 0 Å². The number of hydrogen-bond donors (Lipinski definition) is 2. The molecule has 1 aromatic rings. The predicted octanol–water partition coefficient (Wildman–Crippen LogP) is 0.855. The monoisotopic (exact) mass is 167 g/mol. The van der Waals surface area contributed by atoms with Crippen LogP contribution in [0.5, 0.6) is 0 Å². The second-order valence-corrected chi connectivity index (χ2v) is 3.48. The van der Waals surface area contributed by atoms with E-state index in [0.29, 0.717) is 5.88 Å². The summed E-state index contributed by atoms with van der Waals surface area (Å²) in [6.07, 6.45) is 2.28. The maximum absolute atomic E-state index is 5.45. The van der Waals surface area contributed by atoms with Gasteiger partial charge in [0.1, 0.15) is 5.69 Å². The molecule has 1 aliphatic heterocycles. The van der Waals surface area contributed by atoms with Gasteiger partial charge in [0.2, 0.25) is 5.88 Å². The Balaban J connectivity index is 2.28. The molecule has 0 aromatic carbocycles. The van der Waals surface area contributed by atoms with Gasteiger partial charge in [0.15, 0.2) is 0 Å². The second kappa shape index (κ2) is 2.48. The molecule has 0 radical (unpaired) electrons. The number of nitrogens with one attached hydrogen (secondary N) is 1. The Morgan fingerprint density at radius 1 is 1.75 bits per heavy atom.